The maximum Gasteiger partial charge on any atom is 0.673 e. The van der Waals surface area contributed by atoms with Gasteiger partial charge in [0, 0.05) is 16.3 Å². The Labute approximate surface area is 147 Å². The quantitative estimate of drug-likeness (QED) is 0.147. The summed E-state index contributed by atoms with van der Waals surface area (Å²) in [6.07, 6.45) is 2.29. The number of aromatic nitrogens is 1. The third kappa shape index (κ3) is 3.03. The topological polar surface area (TPSA) is 3.88 Å². The minimum atomic E-state index is -6.00. The van der Waals surface area contributed by atoms with E-state index >= 15 is 0 Å². The van der Waals surface area contributed by atoms with E-state index in [0.29, 0.717) is 0 Å². The van der Waals surface area contributed by atoms with E-state index in [1.165, 1.54) is 38.4 Å². The molecule has 0 unspecified atom stereocenters. The minimum absolute atomic E-state index is 0.953. The van der Waals surface area contributed by atoms with Crippen molar-refractivity contribution in [1.29, 1.82) is 0 Å². The van der Waals surface area contributed by atoms with Crippen LogP contribution in [0.3, 0.4) is 0 Å². The third-order valence-corrected chi connectivity index (χ3v) is 4.52. The Kier molecular flexibility index (Phi) is 3.91. The lowest BCUT2D eigenvalue weighted by Gasteiger charge is -2.16. The molecule has 0 saturated carbocycles. The molecule has 0 saturated heterocycles. The van der Waals surface area contributed by atoms with Gasteiger partial charge in [-0.2, -0.15) is 4.57 Å². The number of para-hydroxylation sites is 1. The normalized spacial score (nSPS) is 12.5. The van der Waals surface area contributed by atoms with Crippen LogP contribution in [-0.2, 0) is 6.54 Å². The zero-order valence-corrected chi connectivity index (χ0v) is 13.7. The highest BCUT2D eigenvalue weighted by Crippen LogP contribution is 2.35. The first-order valence-corrected chi connectivity index (χ1v) is 8.21. The van der Waals surface area contributed by atoms with Crippen molar-refractivity contribution in [2.75, 3.05) is 0 Å². The molecule has 1 aliphatic rings. The van der Waals surface area contributed by atoms with Crippen LogP contribution in [0.15, 0.2) is 72.9 Å². The molecule has 6 heteroatoms. The number of halogens is 4. The van der Waals surface area contributed by atoms with Gasteiger partial charge in [0.05, 0.1) is 10.9 Å². The van der Waals surface area contributed by atoms with Crippen LogP contribution in [0, 0.1) is 0 Å². The van der Waals surface area contributed by atoms with Crippen molar-refractivity contribution in [3.63, 3.8) is 0 Å². The van der Waals surface area contributed by atoms with Crippen LogP contribution in [0.4, 0.5) is 17.3 Å². The van der Waals surface area contributed by atoms with Crippen molar-refractivity contribution in [2.24, 2.45) is 0 Å². The van der Waals surface area contributed by atoms with Crippen LogP contribution in [-0.4, -0.2) is 7.25 Å². The maximum absolute atomic E-state index is 9.75. The third-order valence-electron chi connectivity index (χ3n) is 4.52. The number of hydrogen-bond donors (Lipinski definition) is 0. The Hall–Kier alpha value is -2.89. The summed E-state index contributed by atoms with van der Waals surface area (Å²) in [5.74, 6) is 0. The van der Waals surface area contributed by atoms with Crippen LogP contribution in [0.2, 0.25) is 0 Å². The van der Waals surface area contributed by atoms with Crippen LogP contribution in [0.5, 0.6) is 0 Å². The first-order valence-electron chi connectivity index (χ1n) is 8.21. The van der Waals surface area contributed by atoms with Gasteiger partial charge in [0.15, 0.2) is 12.7 Å². The Morgan fingerprint density at radius 3 is 2.12 bits per heavy atom. The number of fused-ring (bicyclic) bond motifs is 4. The molecule has 3 aromatic carbocycles. The molecule has 5 rings (SSSR count). The van der Waals surface area contributed by atoms with Gasteiger partial charge in [-0.05, 0) is 23.8 Å². The van der Waals surface area contributed by atoms with Gasteiger partial charge in [0.2, 0.25) is 5.52 Å². The number of rotatable bonds is 0. The van der Waals surface area contributed by atoms with Gasteiger partial charge >= 0.3 is 7.25 Å². The zero-order chi connectivity index (χ0) is 18.3. The molecule has 0 atom stereocenters. The van der Waals surface area contributed by atoms with Crippen molar-refractivity contribution in [1.82, 2.24) is 0 Å². The smallest absolute Gasteiger partial charge is 0.418 e. The standard InChI is InChI=1S/C20H14N.BF4/c1-3-8-16-14(6-1)12-21-13-15-7-2-4-9-17(15)19-11-5-10-18(16)20(19)21;2-1(3,4)5/h1-12H,13H2;/q+1;-1. The number of benzene rings is 3. The minimum Gasteiger partial charge on any atom is -0.418 e. The number of pyridine rings is 1. The van der Waals surface area contributed by atoms with Crippen LogP contribution >= 0.6 is 0 Å². The Bertz CT molecular complexity index is 1120. The van der Waals surface area contributed by atoms with Gasteiger partial charge in [-0.3, -0.25) is 0 Å². The van der Waals surface area contributed by atoms with Gasteiger partial charge in [0.25, 0.3) is 0 Å². The van der Waals surface area contributed by atoms with Crippen molar-refractivity contribution in [3.05, 3.63) is 78.5 Å². The SMILES string of the molecule is F[B-](F)(F)F.c1ccc2c(c1)C[n+]1cc3ccccc3c3cccc-2c31. The fourth-order valence-corrected chi connectivity index (χ4v) is 3.60. The monoisotopic (exact) mass is 355 g/mol. The van der Waals surface area contributed by atoms with E-state index in [4.69, 9.17) is 0 Å². The molecule has 130 valence electrons. The lowest BCUT2D eigenvalue weighted by molar-refractivity contribution is -0.661. The van der Waals surface area contributed by atoms with Crippen LogP contribution in [0.1, 0.15) is 5.56 Å². The van der Waals surface area contributed by atoms with Gasteiger partial charge in [-0.1, -0.05) is 48.5 Å². The van der Waals surface area contributed by atoms with Gasteiger partial charge in [-0.25, -0.2) is 0 Å². The molecule has 0 aliphatic carbocycles. The Morgan fingerprint density at radius 2 is 1.31 bits per heavy atom. The van der Waals surface area contributed by atoms with E-state index in [1.807, 2.05) is 0 Å². The summed E-state index contributed by atoms with van der Waals surface area (Å²) in [5, 5.41) is 3.99. The summed E-state index contributed by atoms with van der Waals surface area (Å²) >= 11 is 0. The largest absolute Gasteiger partial charge is 0.673 e. The fraction of sp³-hybridized carbons (Fsp3) is 0.0500. The molecule has 26 heavy (non-hydrogen) atoms. The number of hydrogen-bond acceptors (Lipinski definition) is 0. The first-order chi connectivity index (χ1) is 12.4. The summed E-state index contributed by atoms with van der Waals surface area (Å²) in [5.41, 5.74) is 5.48. The molecule has 4 aromatic rings. The molecular weight excluding hydrogens is 341 g/mol. The lowest BCUT2D eigenvalue weighted by atomic mass is 9.92. The molecule has 0 N–H and O–H groups in total. The van der Waals surface area contributed by atoms with E-state index in [-0.39, 0.29) is 0 Å². The molecule has 0 spiro atoms. The average Bonchev–Trinajstić information content (AvgIpc) is 2.61. The van der Waals surface area contributed by atoms with Gasteiger partial charge in [0.1, 0.15) is 0 Å². The first kappa shape index (κ1) is 16.6. The molecule has 2 heterocycles. The second-order valence-corrected chi connectivity index (χ2v) is 6.20. The highest BCUT2D eigenvalue weighted by molar-refractivity contribution is 6.50. The van der Waals surface area contributed by atoms with Crippen molar-refractivity contribution in [3.8, 4) is 11.1 Å². The highest BCUT2D eigenvalue weighted by Gasteiger charge is 2.25. The summed E-state index contributed by atoms with van der Waals surface area (Å²) in [4.78, 5) is 0. The van der Waals surface area contributed by atoms with Gasteiger partial charge in [-0.15, -0.1) is 0 Å². The highest BCUT2D eigenvalue weighted by atomic mass is 19.5. The van der Waals surface area contributed by atoms with E-state index in [0.717, 1.165) is 6.54 Å². The molecule has 1 aromatic heterocycles. The summed E-state index contributed by atoms with van der Waals surface area (Å²) in [6.45, 7) is 0.953. The Morgan fingerprint density at radius 1 is 0.692 bits per heavy atom. The Balaban J connectivity index is 0.000000301. The molecule has 1 nitrogen and oxygen atoms in total. The zero-order valence-electron chi connectivity index (χ0n) is 13.7. The van der Waals surface area contributed by atoms with Crippen LogP contribution < -0.4 is 4.57 Å². The molecule has 0 amide bonds. The predicted molar refractivity (Wildman–Crippen MR) is 96.4 cm³/mol. The second-order valence-electron chi connectivity index (χ2n) is 6.20. The fourth-order valence-electron chi connectivity index (χ4n) is 3.60. The molecule has 0 fully saturated rings. The molecular formula is C20H14BF4N. The van der Waals surface area contributed by atoms with Crippen molar-refractivity contribution in [2.45, 2.75) is 6.54 Å². The molecule has 1 aliphatic heterocycles. The van der Waals surface area contributed by atoms with Crippen molar-refractivity contribution < 1.29 is 21.8 Å². The number of nitrogens with zero attached hydrogens (tertiary/aromatic N) is 1. The van der Waals surface area contributed by atoms with E-state index in [9.17, 15) is 17.3 Å². The average molecular weight is 355 g/mol. The predicted octanol–water partition coefficient (Wildman–Crippen LogP) is 5.61. The lowest BCUT2D eigenvalue weighted by Crippen LogP contribution is -2.37. The van der Waals surface area contributed by atoms with Crippen molar-refractivity contribution >= 4 is 28.9 Å². The summed E-state index contributed by atoms with van der Waals surface area (Å²) in [7, 11) is -6.00. The molecule has 0 bridgehead atoms. The molecule has 0 radical (unpaired) electrons. The van der Waals surface area contributed by atoms with Gasteiger partial charge < -0.3 is 17.3 Å². The van der Waals surface area contributed by atoms with E-state index in [2.05, 4.69) is 77.5 Å². The van der Waals surface area contributed by atoms with E-state index in [1.54, 1.807) is 0 Å². The van der Waals surface area contributed by atoms with Crippen LogP contribution in [0.25, 0.3) is 32.8 Å². The summed E-state index contributed by atoms with van der Waals surface area (Å²) in [6, 6.07) is 24.1. The maximum atomic E-state index is 9.75. The summed E-state index contributed by atoms with van der Waals surface area (Å²) < 4.78 is 41.4. The second kappa shape index (κ2) is 6.13. The van der Waals surface area contributed by atoms with E-state index < -0.39 is 7.25 Å².